The van der Waals surface area contributed by atoms with Crippen LogP contribution >= 0.6 is 6.72 Å². The molecule has 1 aromatic carbocycles. The molecule has 0 N–H and O–H groups in total. The molecule has 0 fully saturated rings. The second-order valence-corrected chi connectivity index (χ2v) is 6.64. The van der Waals surface area contributed by atoms with Crippen LogP contribution in [-0.2, 0) is 32.0 Å². The minimum absolute atomic E-state index is 0.143. The van der Waals surface area contributed by atoms with E-state index in [1.54, 1.807) is 0 Å². The van der Waals surface area contributed by atoms with Crippen LogP contribution in [0.1, 0.15) is 5.56 Å². The molecule has 0 unspecified atom stereocenters. The SMILES string of the molecule is COP(=S)(OC)OCc1ccc([N+](=O)[O-])cc1[N+](=O)[O-]. The van der Waals surface area contributed by atoms with E-state index in [0.29, 0.717) is 0 Å². The maximum absolute atomic E-state index is 10.9. The zero-order chi connectivity index (χ0) is 15.3. The Labute approximate surface area is 119 Å². The summed E-state index contributed by atoms with van der Waals surface area (Å²) in [7, 11) is 2.60. The molecule has 0 bridgehead atoms. The number of benzene rings is 1. The van der Waals surface area contributed by atoms with Crippen LogP contribution in [0.15, 0.2) is 18.2 Å². The van der Waals surface area contributed by atoms with Crippen molar-refractivity contribution in [3.05, 3.63) is 44.0 Å². The normalized spacial score (nSPS) is 11.3. The van der Waals surface area contributed by atoms with Gasteiger partial charge in [0.05, 0.1) is 28.1 Å². The summed E-state index contributed by atoms with van der Waals surface area (Å²) in [5.74, 6) is 0. The first-order valence-electron chi connectivity index (χ1n) is 5.10. The van der Waals surface area contributed by atoms with Gasteiger partial charge >= 0.3 is 6.72 Å². The summed E-state index contributed by atoms with van der Waals surface area (Å²) in [6.07, 6.45) is 0. The van der Waals surface area contributed by atoms with E-state index < -0.39 is 22.3 Å². The molecule has 0 saturated carbocycles. The van der Waals surface area contributed by atoms with Crippen molar-refractivity contribution >= 4 is 29.9 Å². The number of hydrogen-bond acceptors (Lipinski definition) is 8. The topological polar surface area (TPSA) is 114 Å². The lowest BCUT2D eigenvalue weighted by atomic mass is 10.2. The minimum atomic E-state index is -2.95. The minimum Gasteiger partial charge on any atom is -0.312 e. The van der Waals surface area contributed by atoms with Crippen LogP contribution in [0.25, 0.3) is 0 Å². The number of nitrogens with zero attached hydrogens (tertiary/aromatic N) is 2. The Balaban J connectivity index is 3.04. The van der Waals surface area contributed by atoms with Crippen LogP contribution < -0.4 is 0 Å². The molecular formula is C9H11N2O7PS. The summed E-state index contributed by atoms with van der Waals surface area (Å²) in [6.45, 7) is -3.19. The van der Waals surface area contributed by atoms with Crippen LogP contribution in [-0.4, -0.2) is 24.1 Å². The van der Waals surface area contributed by atoms with Gasteiger partial charge in [0, 0.05) is 20.3 Å². The van der Waals surface area contributed by atoms with Gasteiger partial charge in [0.2, 0.25) is 0 Å². The van der Waals surface area contributed by atoms with Gasteiger partial charge in [-0.3, -0.25) is 20.2 Å². The molecule has 110 valence electrons. The third-order valence-corrected chi connectivity index (χ3v) is 4.85. The third-order valence-electron chi connectivity index (χ3n) is 2.30. The maximum atomic E-state index is 10.9. The van der Waals surface area contributed by atoms with Crippen LogP contribution in [0.5, 0.6) is 0 Å². The standard InChI is InChI=1S/C9H11N2O7PS/c1-16-19(20,17-2)18-6-7-3-4-8(10(12)13)5-9(7)11(14)15/h3-5H,6H2,1-2H3. The van der Waals surface area contributed by atoms with Crippen LogP contribution in [0.4, 0.5) is 11.4 Å². The van der Waals surface area contributed by atoms with Gasteiger partial charge in [0.15, 0.2) is 0 Å². The van der Waals surface area contributed by atoms with Crippen molar-refractivity contribution < 1.29 is 23.4 Å². The van der Waals surface area contributed by atoms with E-state index in [-0.39, 0.29) is 17.9 Å². The third kappa shape index (κ3) is 4.02. The molecule has 0 saturated heterocycles. The molecule has 0 aliphatic carbocycles. The zero-order valence-corrected chi connectivity index (χ0v) is 12.3. The molecule has 9 nitrogen and oxygen atoms in total. The molecule has 0 heterocycles. The Morgan fingerprint density at radius 3 is 2.25 bits per heavy atom. The van der Waals surface area contributed by atoms with Crippen LogP contribution in [0.3, 0.4) is 0 Å². The van der Waals surface area contributed by atoms with Crippen molar-refractivity contribution in [3.8, 4) is 0 Å². The predicted octanol–water partition coefficient (Wildman–Crippen LogP) is 2.54. The average Bonchev–Trinajstić information content (AvgIpc) is 2.44. The van der Waals surface area contributed by atoms with E-state index >= 15 is 0 Å². The van der Waals surface area contributed by atoms with E-state index in [1.807, 2.05) is 0 Å². The van der Waals surface area contributed by atoms with Gasteiger partial charge in [-0.15, -0.1) is 0 Å². The van der Waals surface area contributed by atoms with E-state index in [9.17, 15) is 20.2 Å². The molecule has 0 spiro atoms. The maximum Gasteiger partial charge on any atom is 0.326 e. The van der Waals surface area contributed by atoms with Crippen molar-refractivity contribution in [1.29, 1.82) is 0 Å². The highest BCUT2D eigenvalue weighted by Gasteiger charge is 2.23. The molecule has 0 aliphatic rings. The van der Waals surface area contributed by atoms with Gasteiger partial charge in [-0.25, -0.2) is 0 Å². The van der Waals surface area contributed by atoms with E-state index in [4.69, 9.17) is 25.4 Å². The fourth-order valence-corrected chi connectivity index (χ4v) is 2.10. The molecule has 20 heavy (non-hydrogen) atoms. The summed E-state index contributed by atoms with van der Waals surface area (Å²) in [4.78, 5) is 20.1. The Bertz CT molecular complexity index is 571. The summed E-state index contributed by atoms with van der Waals surface area (Å²) < 4.78 is 15.0. The number of hydrogen-bond donors (Lipinski definition) is 0. The lowest BCUT2D eigenvalue weighted by Crippen LogP contribution is -2.01. The number of rotatable bonds is 7. The Hall–Kier alpha value is -1.45. The molecule has 11 heteroatoms. The molecule has 1 aromatic rings. The lowest BCUT2D eigenvalue weighted by Gasteiger charge is -2.17. The van der Waals surface area contributed by atoms with Crippen molar-refractivity contribution in [2.24, 2.45) is 0 Å². The van der Waals surface area contributed by atoms with Crippen molar-refractivity contribution in [1.82, 2.24) is 0 Å². The Morgan fingerprint density at radius 2 is 1.80 bits per heavy atom. The van der Waals surface area contributed by atoms with E-state index in [2.05, 4.69) is 0 Å². The largest absolute Gasteiger partial charge is 0.326 e. The van der Waals surface area contributed by atoms with Gasteiger partial charge in [0.25, 0.3) is 11.4 Å². The van der Waals surface area contributed by atoms with Crippen molar-refractivity contribution in [2.75, 3.05) is 14.2 Å². The number of nitro groups is 2. The summed E-state index contributed by atoms with van der Waals surface area (Å²) >= 11 is 4.95. The monoisotopic (exact) mass is 322 g/mol. The lowest BCUT2D eigenvalue weighted by molar-refractivity contribution is -0.394. The molecule has 0 aliphatic heterocycles. The smallest absolute Gasteiger partial charge is 0.312 e. The second-order valence-electron chi connectivity index (χ2n) is 3.41. The molecular weight excluding hydrogens is 311 g/mol. The quantitative estimate of drug-likeness (QED) is 0.427. The number of non-ortho nitro benzene ring substituents is 1. The molecule has 0 aromatic heterocycles. The molecule has 1 rings (SSSR count). The van der Waals surface area contributed by atoms with Gasteiger partial charge in [-0.1, -0.05) is 0 Å². The first kappa shape index (κ1) is 16.6. The van der Waals surface area contributed by atoms with Crippen LogP contribution in [0.2, 0.25) is 0 Å². The van der Waals surface area contributed by atoms with Crippen molar-refractivity contribution in [2.45, 2.75) is 6.61 Å². The highest BCUT2D eigenvalue weighted by molar-refractivity contribution is 8.07. The highest BCUT2D eigenvalue weighted by atomic mass is 32.5. The fraction of sp³-hybridized carbons (Fsp3) is 0.333. The highest BCUT2D eigenvalue weighted by Crippen LogP contribution is 2.49. The summed E-state index contributed by atoms with van der Waals surface area (Å²) in [5.41, 5.74) is -0.657. The Kier molecular flexibility index (Phi) is 5.66. The molecule has 0 amide bonds. The van der Waals surface area contributed by atoms with Gasteiger partial charge in [0.1, 0.15) is 0 Å². The van der Waals surface area contributed by atoms with Gasteiger partial charge < -0.3 is 13.6 Å². The molecule has 0 atom stereocenters. The van der Waals surface area contributed by atoms with Gasteiger partial charge in [-0.05, 0) is 17.9 Å². The van der Waals surface area contributed by atoms with E-state index in [1.165, 1.54) is 20.3 Å². The second kappa shape index (κ2) is 6.82. The molecule has 0 radical (unpaired) electrons. The summed E-state index contributed by atoms with van der Waals surface area (Å²) in [5, 5.41) is 21.5. The zero-order valence-electron chi connectivity index (χ0n) is 10.5. The first-order valence-corrected chi connectivity index (χ1v) is 7.66. The average molecular weight is 322 g/mol. The number of nitro benzene ring substituents is 2. The Morgan fingerprint density at radius 1 is 1.20 bits per heavy atom. The van der Waals surface area contributed by atoms with Crippen LogP contribution in [0, 0.1) is 20.2 Å². The fourth-order valence-electron chi connectivity index (χ4n) is 1.29. The van der Waals surface area contributed by atoms with Gasteiger partial charge in [-0.2, -0.15) is 0 Å². The first-order chi connectivity index (χ1) is 9.33. The predicted molar refractivity (Wildman–Crippen MR) is 72.8 cm³/mol. The van der Waals surface area contributed by atoms with Crippen molar-refractivity contribution in [3.63, 3.8) is 0 Å². The summed E-state index contributed by atoms with van der Waals surface area (Å²) in [6, 6.07) is 3.25. The van der Waals surface area contributed by atoms with E-state index in [0.717, 1.165) is 12.1 Å².